The van der Waals surface area contributed by atoms with Gasteiger partial charge in [-0.25, -0.2) is 4.98 Å². The van der Waals surface area contributed by atoms with E-state index in [0.29, 0.717) is 12.1 Å². The molecule has 1 aliphatic heterocycles. The number of rotatable bonds is 4. The highest BCUT2D eigenvalue weighted by Gasteiger charge is 2.14. The molecule has 5 nitrogen and oxygen atoms in total. The lowest BCUT2D eigenvalue weighted by Crippen LogP contribution is -2.34. The van der Waals surface area contributed by atoms with Crippen molar-refractivity contribution in [2.75, 3.05) is 23.3 Å². The molecule has 3 N–H and O–H groups in total. The lowest BCUT2D eigenvalue weighted by atomic mass is 10.2. The van der Waals surface area contributed by atoms with E-state index in [1.54, 1.807) is 6.20 Å². The average Bonchev–Trinajstić information content (AvgIpc) is 2.92. The van der Waals surface area contributed by atoms with Crippen molar-refractivity contribution in [1.82, 2.24) is 4.98 Å². The van der Waals surface area contributed by atoms with Gasteiger partial charge in [-0.15, -0.1) is 24.8 Å². The van der Waals surface area contributed by atoms with Crippen LogP contribution in [0.5, 0.6) is 0 Å². The summed E-state index contributed by atoms with van der Waals surface area (Å²) >= 11 is 0. The molecule has 1 saturated heterocycles. The second kappa shape index (κ2) is 9.00. The van der Waals surface area contributed by atoms with Crippen LogP contribution >= 0.6 is 24.8 Å². The van der Waals surface area contributed by atoms with Gasteiger partial charge in [-0.3, -0.25) is 4.79 Å². The van der Waals surface area contributed by atoms with Crippen molar-refractivity contribution < 1.29 is 4.79 Å². The molecule has 0 radical (unpaired) electrons. The summed E-state index contributed by atoms with van der Waals surface area (Å²) < 4.78 is 0. The minimum absolute atomic E-state index is 0. The van der Waals surface area contributed by atoms with Crippen LogP contribution in [0.25, 0.3) is 0 Å². The second-order valence-corrected chi connectivity index (χ2v) is 4.60. The van der Waals surface area contributed by atoms with Crippen molar-refractivity contribution in [2.45, 2.75) is 32.2 Å². The second-order valence-electron chi connectivity index (χ2n) is 4.60. The Bertz CT molecular complexity index is 407. The van der Waals surface area contributed by atoms with Crippen molar-refractivity contribution in [2.24, 2.45) is 5.73 Å². The molecule has 0 unspecified atom stereocenters. The zero-order valence-electron chi connectivity index (χ0n) is 11.5. The van der Waals surface area contributed by atoms with Crippen LogP contribution in [0.1, 0.15) is 26.2 Å². The lowest BCUT2D eigenvalue weighted by molar-refractivity contribution is -0.117. The Morgan fingerprint density at radius 2 is 2.05 bits per heavy atom. The first kappa shape index (κ1) is 19.0. The Morgan fingerprint density at radius 3 is 2.55 bits per heavy atom. The fourth-order valence-corrected chi connectivity index (χ4v) is 2.01. The summed E-state index contributed by atoms with van der Waals surface area (Å²) in [6.45, 7) is 4.03. The number of nitrogens with one attached hydrogen (secondary N) is 1. The topological polar surface area (TPSA) is 71.2 Å². The van der Waals surface area contributed by atoms with Crippen LogP contribution in [0.15, 0.2) is 18.3 Å². The van der Waals surface area contributed by atoms with Crippen LogP contribution in [-0.4, -0.2) is 30.0 Å². The summed E-state index contributed by atoms with van der Waals surface area (Å²) in [7, 11) is 0. The summed E-state index contributed by atoms with van der Waals surface area (Å²) in [5.74, 6) is 0.818. The summed E-state index contributed by atoms with van der Waals surface area (Å²) in [4.78, 5) is 18.2. The minimum atomic E-state index is -0.455. The number of hydrogen-bond acceptors (Lipinski definition) is 4. The molecule has 0 aliphatic carbocycles. The molecule has 2 heterocycles. The third-order valence-electron chi connectivity index (χ3n) is 3.22. The minimum Gasteiger partial charge on any atom is -0.357 e. The first-order valence-electron chi connectivity index (χ1n) is 6.48. The van der Waals surface area contributed by atoms with Crippen LogP contribution in [-0.2, 0) is 4.79 Å². The van der Waals surface area contributed by atoms with Gasteiger partial charge in [-0.2, -0.15) is 0 Å². The van der Waals surface area contributed by atoms with E-state index < -0.39 is 6.04 Å². The standard InChI is InChI=1S/C13H20N4O.2ClH/c1-2-11(14)13(18)16-10-5-6-12(15-9-10)17-7-3-4-8-17;;/h5-6,9,11H,2-4,7-8,14H2,1H3,(H,16,18);2*1H/t11-;;/m0../s1. The van der Waals surface area contributed by atoms with Crippen LogP contribution < -0.4 is 16.0 Å². The molecule has 1 fully saturated rings. The fraction of sp³-hybridized carbons (Fsp3) is 0.538. The van der Waals surface area contributed by atoms with E-state index in [4.69, 9.17) is 5.73 Å². The van der Waals surface area contributed by atoms with Gasteiger partial charge in [0.2, 0.25) is 5.91 Å². The number of carbonyl (C=O) groups excluding carboxylic acids is 1. The van der Waals surface area contributed by atoms with E-state index in [0.717, 1.165) is 18.9 Å². The molecule has 0 saturated carbocycles. The summed E-state index contributed by atoms with van der Waals surface area (Å²) in [6.07, 6.45) is 4.77. The highest BCUT2D eigenvalue weighted by molar-refractivity contribution is 5.94. The van der Waals surface area contributed by atoms with E-state index in [-0.39, 0.29) is 30.7 Å². The Hall–Kier alpha value is -1.04. The fourth-order valence-electron chi connectivity index (χ4n) is 2.01. The van der Waals surface area contributed by atoms with E-state index in [9.17, 15) is 4.79 Å². The van der Waals surface area contributed by atoms with Crippen LogP contribution in [0.4, 0.5) is 11.5 Å². The summed E-state index contributed by atoms with van der Waals surface area (Å²) in [5, 5.41) is 2.77. The molecule has 0 bridgehead atoms. The molecule has 1 aromatic heterocycles. The van der Waals surface area contributed by atoms with E-state index in [1.165, 1.54) is 12.8 Å². The van der Waals surface area contributed by atoms with Gasteiger partial charge in [0.15, 0.2) is 0 Å². The van der Waals surface area contributed by atoms with Gasteiger partial charge in [0.25, 0.3) is 0 Å². The zero-order valence-corrected chi connectivity index (χ0v) is 13.2. The molecule has 1 atom stereocenters. The Balaban J connectivity index is 0.00000180. The monoisotopic (exact) mass is 320 g/mol. The summed E-state index contributed by atoms with van der Waals surface area (Å²) in [6, 6.07) is 3.36. The number of anilines is 2. The highest BCUT2D eigenvalue weighted by atomic mass is 35.5. The zero-order chi connectivity index (χ0) is 13.0. The van der Waals surface area contributed by atoms with Crippen molar-refractivity contribution >= 4 is 42.2 Å². The molecule has 20 heavy (non-hydrogen) atoms. The summed E-state index contributed by atoms with van der Waals surface area (Å²) in [5.41, 5.74) is 6.35. The number of aromatic nitrogens is 1. The molecular weight excluding hydrogens is 299 g/mol. The predicted molar refractivity (Wildman–Crippen MR) is 87.1 cm³/mol. The van der Waals surface area contributed by atoms with Crippen molar-refractivity contribution in [3.63, 3.8) is 0 Å². The molecule has 7 heteroatoms. The molecule has 0 spiro atoms. The molecular formula is C13H22Cl2N4O. The van der Waals surface area contributed by atoms with Crippen LogP contribution in [0.3, 0.4) is 0 Å². The van der Waals surface area contributed by atoms with E-state index >= 15 is 0 Å². The van der Waals surface area contributed by atoms with Gasteiger partial charge in [-0.1, -0.05) is 6.92 Å². The maximum absolute atomic E-state index is 11.6. The molecule has 1 amide bonds. The van der Waals surface area contributed by atoms with Crippen molar-refractivity contribution in [1.29, 1.82) is 0 Å². The number of carbonyl (C=O) groups is 1. The number of halogens is 2. The van der Waals surface area contributed by atoms with Gasteiger partial charge in [-0.05, 0) is 31.4 Å². The normalized spacial score (nSPS) is 15.0. The number of nitrogens with zero attached hydrogens (tertiary/aromatic N) is 2. The lowest BCUT2D eigenvalue weighted by Gasteiger charge is -2.16. The van der Waals surface area contributed by atoms with E-state index in [1.807, 2.05) is 19.1 Å². The molecule has 1 aliphatic rings. The Labute approximate surface area is 132 Å². The van der Waals surface area contributed by atoms with Crippen molar-refractivity contribution in [3.05, 3.63) is 18.3 Å². The van der Waals surface area contributed by atoms with E-state index in [2.05, 4.69) is 15.2 Å². The number of amides is 1. The maximum Gasteiger partial charge on any atom is 0.241 e. The smallest absolute Gasteiger partial charge is 0.241 e. The van der Waals surface area contributed by atoms with Crippen LogP contribution in [0.2, 0.25) is 0 Å². The number of nitrogens with two attached hydrogens (primary N) is 1. The largest absolute Gasteiger partial charge is 0.357 e. The first-order chi connectivity index (χ1) is 8.70. The molecule has 2 rings (SSSR count). The maximum atomic E-state index is 11.6. The SMILES string of the molecule is CC[C@H](N)C(=O)Nc1ccc(N2CCCC2)nc1.Cl.Cl. The number of hydrogen-bond donors (Lipinski definition) is 2. The highest BCUT2D eigenvalue weighted by Crippen LogP contribution is 2.19. The molecule has 1 aromatic rings. The molecule has 0 aromatic carbocycles. The van der Waals surface area contributed by atoms with Crippen LogP contribution in [0, 0.1) is 0 Å². The average molecular weight is 321 g/mol. The Morgan fingerprint density at radius 1 is 1.40 bits per heavy atom. The third kappa shape index (κ3) is 4.81. The van der Waals surface area contributed by atoms with Gasteiger partial charge < -0.3 is 16.0 Å². The van der Waals surface area contributed by atoms with Crippen molar-refractivity contribution in [3.8, 4) is 0 Å². The first-order valence-corrected chi connectivity index (χ1v) is 6.48. The van der Waals surface area contributed by atoms with Gasteiger partial charge in [0.05, 0.1) is 17.9 Å². The molecule has 114 valence electrons. The predicted octanol–water partition coefficient (Wildman–Crippen LogP) is 2.20. The third-order valence-corrected chi connectivity index (χ3v) is 3.22. The van der Waals surface area contributed by atoms with Gasteiger partial charge >= 0.3 is 0 Å². The van der Waals surface area contributed by atoms with Gasteiger partial charge in [0, 0.05) is 13.1 Å². The number of pyridine rings is 1. The quantitative estimate of drug-likeness (QED) is 0.892. The Kier molecular flexibility index (Phi) is 8.53. The van der Waals surface area contributed by atoms with Gasteiger partial charge in [0.1, 0.15) is 5.82 Å².